The molecule has 0 amide bonds. The van der Waals surface area contributed by atoms with Gasteiger partial charge in [-0.15, -0.1) is 0 Å². The number of aryl methyl sites for hydroxylation is 2. The first-order chi connectivity index (χ1) is 12.8. The molecule has 1 aromatic carbocycles. The maximum absolute atomic E-state index is 10.2. The van der Waals surface area contributed by atoms with Crippen LogP contribution in [0.5, 0.6) is 5.75 Å². The molecule has 0 bridgehead atoms. The van der Waals surface area contributed by atoms with Gasteiger partial charge in [0.15, 0.2) is 0 Å². The average molecular weight is 407 g/mol. The molecular formula is C22H28O4V. The molecule has 2 rings (SSSR count). The monoisotopic (exact) mass is 407 g/mol. The number of hydrogen-bond donors (Lipinski definition) is 1. The number of ether oxygens (including phenoxy) is 3. The molecule has 0 aromatic heterocycles. The normalized spacial score (nSPS) is 16.9. The molecule has 145 valence electrons. The van der Waals surface area contributed by atoms with Gasteiger partial charge >= 0.3 is 165 Å². The van der Waals surface area contributed by atoms with Crippen molar-refractivity contribution in [3.05, 3.63) is 64.8 Å². The first-order valence-corrected chi connectivity index (χ1v) is 9.70. The van der Waals surface area contributed by atoms with Crippen LogP contribution in [0.1, 0.15) is 43.4 Å². The summed E-state index contributed by atoms with van der Waals surface area (Å²) in [5, 5.41) is 10.2. The van der Waals surface area contributed by atoms with Crippen LogP contribution in [0.25, 0.3) is 0 Å². The predicted molar refractivity (Wildman–Crippen MR) is 105 cm³/mol. The molecule has 1 aromatic rings. The molecule has 0 saturated carbocycles. The Morgan fingerprint density at radius 1 is 1.26 bits per heavy atom. The van der Waals surface area contributed by atoms with Gasteiger partial charge in [0.05, 0.1) is 0 Å². The Hall–Kier alpha value is -1.75. The van der Waals surface area contributed by atoms with E-state index in [2.05, 4.69) is 43.0 Å². The van der Waals surface area contributed by atoms with Crippen LogP contribution < -0.4 is 4.74 Å². The Bertz CT molecular complexity index is 788. The average Bonchev–Trinajstić information content (AvgIpc) is 2.61. The maximum atomic E-state index is 10.2. The second kappa shape index (κ2) is 9.45. The van der Waals surface area contributed by atoms with Gasteiger partial charge in [-0.2, -0.15) is 0 Å². The summed E-state index contributed by atoms with van der Waals surface area (Å²) < 4.78 is 16.6. The first-order valence-electron chi connectivity index (χ1n) is 9.01. The molecule has 0 atom stereocenters. The van der Waals surface area contributed by atoms with Gasteiger partial charge in [0.25, 0.3) is 0 Å². The number of allylic oxidation sites excluding steroid dienone is 2. The van der Waals surface area contributed by atoms with E-state index in [0.29, 0.717) is 10.2 Å². The van der Waals surface area contributed by atoms with E-state index in [1.54, 1.807) is 32.6 Å². The topological polar surface area (TPSA) is 47.9 Å². The van der Waals surface area contributed by atoms with E-state index >= 15 is 0 Å². The van der Waals surface area contributed by atoms with E-state index in [-0.39, 0.29) is 11.4 Å². The van der Waals surface area contributed by atoms with Gasteiger partial charge in [0.1, 0.15) is 0 Å². The number of hydrogen-bond acceptors (Lipinski definition) is 4. The molecular weight excluding hydrogens is 379 g/mol. The molecule has 1 N–H and O–H groups in total. The SMILES string of the molecule is COC=C(/C=C/C=C(\O)Oc1cc2c(cc1C)CCCC2(C)C)[C](=[V])OC. The van der Waals surface area contributed by atoms with E-state index in [1.807, 2.05) is 6.92 Å². The number of methoxy groups -OCH3 is 2. The van der Waals surface area contributed by atoms with E-state index in [1.165, 1.54) is 23.6 Å². The Kier molecular flexibility index (Phi) is 7.54. The van der Waals surface area contributed by atoms with Gasteiger partial charge in [-0.1, -0.05) is 0 Å². The number of aliphatic hydroxyl groups is 1. The van der Waals surface area contributed by atoms with Crippen LogP contribution in [0.2, 0.25) is 0 Å². The fourth-order valence-electron chi connectivity index (χ4n) is 3.34. The van der Waals surface area contributed by atoms with Gasteiger partial charge in [-0.05, 0) is 6.42 Å². The summed E-state index contributed by atoms with van der Waals surface area (Å²) in [5.41, 5.74) is 4.60. The summed E-state index contributed by atoms with van der Waals surface area (Å²) in [4.78, 5) is 0. The molecule has 1 aliphatic rings. The predicted octanol–water partition coefficient (Wildman–Crippen LogP) is 4.80. The molecule has 0 saturated heterocycles. The van der Waals surface area contributed by atoms with Crippen LogP contribution in [0.3, 0.4) is 0 Å². The summed E-state index contributed by atoms with van der Waals surface area (Å²) in [6, 6.07) is 4.26. The van der Waals surface area contributed by atoms with Gasteiger partial charge in [0, 0.05) is 0 Å². The number of aliphatic hydroxyl groups excluding tert-OH is 1. The van der Waals surface area contributed by atoms with Gasteiger partial charge in [-0.3, -0.25) is 0 Å². The van der Waals surface area contributed by atoms with Gasteiger partial charge in [0.2, 0.25) is 0 Å². The zero-order valence-corrected chi connectivity index (χ0v) is 18.1. The van der Waals surface area contributed by atoms with Crippen molar-refractivity contribution in [1.82, 2.24) is 0 Å². The summed E-state index contributed by atoms with van der Waals surface area (Å²) in [5.74, 6) is 0.527. The van der Waals surface area contributed by atoms with Crippen LogP contribution in [0.4, 0.5) is 0 Å². The first kappa shape index (κ1) is 21.6. The number of fused-ring (bicyclic) bond motifs is 1. The second-order valence-corrected chi connectivity index (χ2v) is 7.93. The zero-order valence-electron chi connectivity index (χ0n) is 16.7. The molecule has 27 heavy (non-hydrogen) atoms. The summed E-state index contributed by atoms with van der Waals surface area (Å²) in [7, 11) is 3.16. The van der Waals surface area contributed by atoms with Crippen molar-refractivity contribution in [1.29, 1.82) is 0 Å². The van der Waals surface area contributed by atoms with Gasteiger partial charge in [-0.25, -0.2) is 0 Å². The standard InChI is InChI=1S/C22H28O4.V/c1-16-12-18-9-7-11-22(2,3)19(18)13-20(16)26-21(23)10-6-8-17(14-24-4)15-25-5;/h6,8,10,12-14,23H,7,9,11H2,1-5H3;/b8-6+,17-14?,21-10+;. The van der Waals surface area contributed by atoms with Crippen LogP contribution in [-0.2, 0) is 38.3 Å². The van der Waals surface area contributed by atoms with Crippen LogP contribution in [0, 0.1) is 6.92 Å². The molecule has 5 heteroatoms. The summed E-state index contributed by atoms with van der Waals surface area (Å²) >= 11 is 2.33. The molecule has 0 fully saturated rings. The summed E-state index contributed by atoms with van der Waals surface area (Å²) in [6.45, 7) is 6.54. The van der Waals surface area contributed by atoms with E-state index in [9.17, 15) is 5.11 Å². The molecule has 0 aliphatic heterocycles. The number of benzene rings is 1. The molecule has 0 unspecified atom stereocenters. The van der Waals surface area contributed by atoms with Crippen molar-refractivity contribution >= 4 is 4.41 Å². The van der Waals surface area contributed by atoms with Crippen molar-refractivity contribution < 1.29 is 36.3 Å². The number of rotatable bonds is 7. The van der Waals surface area contributed by atoms with Crippen molar-refractivity contribution in [2.75, 3.05) is 14.2 Å². The van der Waals surface area contributed by atoms with Crippen LogP contribution >= 0.6 is 0 Å². The molecule has 0 radical (unpaired) electrons. The second-order valence-electron chi connectivity index (χ2n) is 7.30. The van der Waals surface area contributed by atoms with Crippen LogP contribution in [-0.4, -0.2) is 23.7 Å². The Morgan fingerprint density at radius 2 is 2.00 bits per heavy atom. The minimum absolute atomic E-state index is 0.129. The van der Waals surface area contributed by atoms with Crippen molar-refractivity contribution in [3.63, 3.8) is 0 Å². The van der Waals surface area contributed by atoms with E-state index in [0.717, 1.165) is 24.0 Å². The minimum atomic E-state index is -0.163. The molecule has 1 aliphatic carbocycles. The van der Waals surface area contributed by atoms with Gasteiger partial charge < -0.3 is 0 Å². The fourth-order valence-corrected chi connectivity index (χ4v) is 3.54. The van der Waals surface area contributed by atoms with Crippen molar-refractivity contribution in [3.8, 4) is 5.75 Å². The van der Waals surface area contributed by atoms with Crippen LogP contribution in [0.15, 0.2) is 48.1 Å². The van der Waals surface area contributed by atoms with Crippen molar-refractivity contribution in [2.24, 2.45) is 0 Å². The fraction of sp³-hybridized carbons (Fsp3) is 0.409. The zero-order chi connectivity index (χ0) is 20.0. The summed E-state index contributed by atoms with van der Waals surface area (Å²) in [6.07, 6.45) is 10.00. The molecule has 0 heterocycles. The third kappa shape index (κ3) is 5.61. The third-order valence-corrected chi connectivity index (χ3v) is 5.48. The quantitative estimate of drug-likeness (QED) is 0.521. The molecule has 0 spiro atoms. The third-order valence-electron chi connectivity index (χ3n) is 4.79. The van der Waals surface area contributed by atoms with E-state index in [4.69, 9.17) is 14.2 Å². The van der Waals surface area contributed by atoms with Crippen molar-refractivity contribution in [2.45, 2.75) is 45.4 Å². The molecule has 4 nitrogen and oxygen atoms in total. The Balaban J connectivity index is 2.19. The van der Waals surface area contributed by atoms with E-state index < -0.39 is 0 Å². The Labute approximate surface area is 171 Å². The Morgan fingerprint density at radius 3 is 2.67 bits per heavy atom.